The molecule has 2 heteroatoms. The lowest BCUT2D eigenvalue weighted by atomic mass is 10.00. The third-order valence-electron chi connectivity index (χ3n) is 3.03. The third-order valence-corrected chi connectivity index (χ3v) is 3.03. The van der Waals surface area contributed by atoms with E-state index < -0.39 is 0 Å². The second-order valence-electron chi connectivity index (χ2n) is 4.72. The molecule has 0 aliphatic carbocycles. The molecule has 0 amide bonds. The van der Waals surface area contributed by atoms with Crippen LogP contribution in [0.5, 0.6) is 0 Å². The lowest BCUT2D eigenvalue weighted by Crippen LogP contribution is -2.30. The van der Waals surface area contributed by atoms with E-state index in [0.29, 0.717) is 6.42 Å². The van der Waals surface area contributed by atoms with Crippen molar-refractivity contribution in [3.05, 3.63) is 35.6 Å². The molecule has 0 aliphatic heterocycles. The van der Waals surface area contributed by atoms with Crippen molar-refractivity contribution in [2.75, 3.05) is 0 Å². The van der Waals surface area contributed by atoms with Gasteiger partial charge in [0.05, 0.1) is 0 Å². The first-order valence-corrected chi connectivity index (χ1v) is 6.62. The molecule has 1 aromatic carbocycles. The molecule has 0 heterocycles. The largest absolute Gasteiger partial charge is 0.307 e. The number of hydrogen-bond donors (Lipinski definition) is 1. The highest BCUT2D eigenvalue weighted by Crippen LogP contribution is 2.20. The Kier molecular flexibility index (Phi) is 6.46. The van der Waals surface area contributed by atoms with Gasteiger partial charge in [0, 0.05) is 18.5 Å². The average molecular weight is 247 g/mol. The second kappa shape index (κ2) is 7.89. The SMILES string of the molecule is C#CCC(C)NC(CCCC)c1ccc(F)cc1. The van der Waals surface area contributed by atoms with Crippen LogP contribution in [-0.4, -0.2) is 6.04 Å². The summed E-state index contributed by atoms with van der Waals surface area (Å²) in [5, 5.41) is 3.52. The van der Waals surface area contributed by atoms with Gasteiger partial charge in [-0.1, -0.05) is 31.9 Å². The van der Waals surface area contributed by atoms with Crippen molar-refractivity contribution in [2.45, 2.75) is 51.6 Å². The number of nitrogens with one attached hydrogen (secondary N) is 1. The predicted molar refractivity (Wildman–Crippen MR) is 74.7 cm³/mol. The maximum Gasteiger partial charge on any atom is 0.123 e. The lowest BCUT2D eigenvalue weighted by Gasteiger charge is -2.23. The van der Waals surface area contributed by atoms with Crippen LogP contribution in [0.4, 0.5) is 4.39 Å². The van der Waals surface area contributed by atoms with E-state index in [1.807, 2.05) is 12.1 Å². The van der Waals surface area contributed by atoms with E-state index >= 15 is 0 Å². The number of halogens is 1. The monoisotopic (exact) mass is 247 g/mol. The van der Waals surface area contributed by atoms with E-state index in [1.54, 1.807) is 0 Å². The summed E-state index contributed by atoms with van der Waals surface area (Å²) in [6.07, 6.45) is 9.40. The van der Waals surface area contributed by atoms with Crippen molar-refractivity contribution in [1.29, 1.82) is 0 Å². The number of unbranched alkanes of at least 4 members (excludes halogenated alkanes) is 1. The van der Waals surface area contributed by atoms with Gasteiger partial charge in [0.1, 0.15) is 5.82 Å². The first-order chi connectivity index (χ1) is 8.67. The zero-order valence-corrected chi connectivity index (χ0v) is 11.2. The van der Waals surface area contributed by atoms with Crippen molar-refractivity contribution >= 4 is 0 Å². The van der Waals surface area contributed by atoms with Gasteiger partial charge in [-0.3, -0.25) is 0 Å². The Labute approximate surface area is 110 Å². The van der Waals surface area contributed by atoms with Gasteiger partial charge in [0.15, 0.2) is 0 Å². The highest BCUT2D eigenvalue weighted by Gasteiger charge is 2.13. The van der Waals surface area contributed by atoms with Crippen molar-refractivity contribution in [3.8, 4) is 12.3 Å². The van der Waals surface area contributed by atoms with Crippen molar-refractivity contribution in [2.24, 2.45) is 0 Å². The zero-order chi connectivity index (χ0) is 13.4. The summed E-state index contributed by atoms with van der Waals surface area (Å²) in [5.74, 6) is 2.48. The molecule has 0 fully saturated rings. The summed E-state index contributed by atoms with van der Waals surface area (Å²) < 4.78 is 12.9. The number of rotatable bonds is 7. The van der Waals surface area contributed by atoms with Gasteiger partial charge in [-0.2, -0.15) is 0 Å². The predicted octanol–water partition coefficient (Wildman–Crippen LogP) is 4.06. The van der Waals surface area contributed by atoms with Crippen LogP contribution >= 0.6 is 0 Å². The first-order valence-electron chi connectivity index (χ1n) is 6.62. The normalized spacial score (nSPS) is 13.9. The van der Waals surface area contributed by atoms with Gasteiger partial charge >= 0.3 is 0 Å². The molecule has 1 rings (SSSR count). The van der Waals surface area contributed by atoms with Crippen LogP contribution in [0.2, 0.25) is 0 Å². The van der Waals surface area contributed by atoms with Crippen LogP contribution in [0.25, 0.3) is 0 Å². The second-order valence-corrected chi connectivity index (χ2v) is 4.72. The number of terminal acetylenes is 1. The fourth-order valence-electron chi connectivity index (χ4n) is 2.03. The molecule has 2 unspecified atom stereocenters. The number of benzene rings is 1. The molecular weight excluding hydrogens is 225 g/mol. The topological polar surface area (TPSA) is 12.0 Å². The van der Waals surface area contributed by atoms with Gasteiger partial charge in [-0.05, 0) is 31.0 Å². The molecule has 2 atom stereocenters. The maximum absolute atomic E-state index is 12.9. The quantitative estimate of drug-likeness (QED) is 0.716. The minimum absolute atomic E-state index is 0.190. The van der Waals surface area contributed by atoms with E-state index in [-0.39, 0.29) is 17.9 Å². The van der Waals surface area contributed by atoms with Crippen molar-refractivity contribution < 1.29 is 4.39 Å². The standard InChI is InChI=1S/C16H22FN/c1-4-6-8-16(18-13(3)7-5-2)14-9-11-15(17)12-10-14/h2,9-13,16,18H,4,6-8H2,1,3H3. The summed E-state index contributed by atoms with van der Waals surface area (Å²) in [6.45, 7) is 4.26. The molecule has 18 heavy (non-hydrogen) atoms. The summed E-state index contributed by atoms with van der Waals surface area (Å²) in [6, 6.07) is 7.27. The Morgan fingerprint density at radius 3 is 2.56 bits per heavy atom. The maximum atomic E-state index is 12.9. The Bertz CT molecular complexity index is 377. The Hall–Kier alpha value is -1.33. The van der Waals surface area contributed by atoms with E-state index in [9.17, 15) is 4.39 Å². The molecular formula is C16H22FN. The first kappa shape index (κ1) is 14.7. The highest BCUT2D eigenvalue weighted by atomic mass is 19.1. The molecule has 0 saturated carbocycles. The van der Waals surface area contributed by atoms with Crippen LogP contribution in [0.1, 0.15) is 51.1 Å². The van der Waals surface area contributed by atoms with Gasteiger partial charge in [0.25, 0.3) is 0 Å². The summed E-state index contributed by atoms with van der Waals surface area (Å²) in [5.41, 5.74) is 1.13. The lowest BCUT2D eigenvalue weighted by molar-refractivity contribution is 0.427. The molecule has 1 aromatic rings. The van der Waals surface area contributed by atoms with E-state index in [4.69, 9.17) is 6.42 Å². The van der Waals surface area contributed by atoms with Crippen LogP contribution in [0.3, 0.4) is 0 Å². The van der Waals surface area contributed by atoms with Crippen molar-refractivity contribution in [1.82, 2.24) is 5.32 Å². The van der Waals surface area contributed by atoms with Crippen LogP contribution in [0, 0.1) is 18.2 Å². The van der Waals surface area contributed by atoms with E-state index in [1.165, 1.54) is 12.1 Å². The van der Waals surface area contributed by atoms with Crippen LogP contribution < -0.4 is 5.32 Å². The molecule has 1 N–H and O–H groups in total. The molecule has 1 nitrogen and oxygen atoms in total. The fourth-order valence-corrected chi connectivity index (χ4v) is 2.03. The average Bonchev–Trinajstić information content (AvgIpc) is 2.36. The molecule has 0 bridgehead atoms. The Morgan fingerprint density at radius 1 is 1.33 bits per heavy atom. The summed E-state index contributed by atoms with van der Waals surface area (Å²) in [4.78, 5) is 0. The summed E-state index contributed by atoms with van der Waals surface area (Å²) in [7, 11) is 0. The molecule has 0 radical (unpaired) electrons. The molecule has 0 aromatic heterocycles. The van der Waals surface area contributed by atoms with Crippen LogP contribution in [-0.2, 0) is 0 Å². The van der Waals surface area contributed by atoms with Gasteiger partial charge in [-0.15, -0.1) is 12.3 Å². The van der Waals surface area contributed by atoms with Crippen LogP contribution in [0.15, 0.2) is 24.3 Å². The molecule has 0 saturated heterocycles. The molecule has 98 valence electrons. The fraction of sp³-hybridized carbons (Fsp3) is 0.500. The smallest absolute Gasteiger partial charge is 0.123 e. The minimum Gasteiger partial charge on any atom is -0.307 e. The van der Waals surface area contributed by atoms with Gasteiger partial charge in [0.2, 0.25) is 0 Å². The summed E-state index contributed by atoms with van der Waals surface area (Å²) >= 11 is 0. The minimum atomic E-state index is -0.190. The van der Waals surface area contributed by atoms with E-state index in [0.717, 1.165) is 24.8 Å². The Balaban J connectivity index is 2.71. The molecule has 0 aliphatic rings. The van der Waals surface area contributed by atoms with Gasteiger partial charge in [-0.25, -0.2) is 4.39 Å². The number of hydrogen-bond acceptors (Lipinski definition) is 1. The zero-order valence-electron chi connectivity index (χ0n) is 11.2. The Morgan fingerprint density at radius 2 is 2.00 bits per heavy atom. The third kappa shape index (κ3) is 4.89. The highest BCUT2D eigenvalue weighted by molar-refractivity contribution is 5.20. The molecule has 0 spiro atoms. The van der Waals surface area contributed by atoms with Crippen molar-refractivity contribution in [3.63, 3.8) is 0 Å². The van der Waals surface area contributed by atoms with E-state index in [2.05, 4.69) is 25.1 Å². The van der Waals surface area contributed by atoms with Gasteiger partial charge < -0.3 is 5.32 Å².